The first-order valence-electron chi connectivity index (χ1n) is 9.20. The van der Waals surface area contributed by atoms with Gasteiger partial charge in [-0.15, -0.1) is 0 Å². The quantitative estimate of drug-likeness (QED) is 0.424. The third kappa shape index (κ3) is 3.83. The number of aryl methyl sites for hydroxylation is 2. The van der Waals surface area contributed by atoms with E-state index in [1.807, 2.05) is 19.9 Å². The zero-order chi connectivity index (χ0) is 21.3. The van der Waals surface area contributed by atoms with E-state index in [9.17, 15) is 10.1 Å². The van der Waals surface area contributed by atoms with Crippen LogP contribution in [0.15, 0.2) is 45.7 Å². The molecule has 0 aliphatic rings. The fourth-order valence-corrected chi connectivity index (χ4v) is 3.30. The van der Waals surface area contributed by atoms with E-state index in [1.54, 1.807) is 30.5 Å². The van der Waals surface area contributed by atoms with E-state index in [0.29, 0.717) is 45.6 Å². The van der Waals surface area contributed by atoms with Gasteiger partial charge >= 0.3 is 5.76 Å². The van der Waals surface area contributed by atoms with E-state index in [-0.39, 0.29) is 0 Å². The molecule has 0 aliphatic heterocycles. The Morgan fingerprint density at radius 1 is 1.23 bits per heavy atom. The maximum Gasteiger partial charge on any atom is 0.417 e. The summed E-state index contributed by atoms with van der Waals surface area (Å²) in [5.41, 5.74) is 4.59. The van der Waals surface area contributed by atoms with Crippen LogP contribution in [-0.4, -0.2) is 15.0 Å². The number of rotatable bonds is 5. The molecule has 0 atom stereocenters. The molecule has 4 aromatic rings. The second-order valence-electron chi connectivity index (χ2n) is 6.66. The van der Waals surface area contributed by atoms with Crippen LogP contribution in [0.1, 0.15) is 23.6 Å². The number of hydrogen-bond acceptors (Lipinski definition) is 7. The summed E-state index contributed by atoms with van der Waals surface area (Å²) in [7, 11) is 0. The first-order valence-corrected chi connectivity index (χ1v) is 9.57. The molecular weight excluding hydrogens is 404 g/mol. The standard InChI is InChI=1S/C21H17ClN6O2/c1-3-12-6-15(7-13(9-23)18(12)22)26-20-24-10-11(2)19(28-20)25-14-4-5-17-16(8-14)27-21(29)30-17/h4-8,10H,3H2,1-2H3,(H,27,29)(H2,24,25,26,28). The van der Waals surface area contributed by atoms with Crippen molar-refractivity contribution in [1.82, 2.24) is 15.0 Å². The van der Waals surface area contributed by atoms with Crippen molar-refractivity contribution in [2.45, 2.75) is 20.3 Å². The smallest absolute Gasteiger partial charge is 0.408 e. The minimum atomic E-state index is -0.502. The molecule has 150 valence electrons. The van der Waals surface area contributed by atoms with Crippen molar-refractivity contribution in [3.8, 4) is 6.07 Å². The van der Waals surface area contributed by atoms with Crippen molar-refractivity contribution < 1.29 is 4.42 Å². The highest BCUT2D eigenvalue weighted by Gasteiger charge is 2.11. The molecule has 30 heavy (non-hydrogen) atoms. The molecule has 0 saturated carbocycles. The molecule has 2 aromatic heterocycles. The Morgan fingerprint density at radius 3 is 2.83 bits per heavy atom. The SMILES string of the molecule is CCc1cc(Nc2ncc(C)c(Nc3ccc4oc(=O)[nH]c4c3)n2)cc(C#N)c1Cl. The Bertz CT molecular complexity index is 1350. The first-order chi connectivity index (χ1) is 14.5. The average molecular weight is 421 g/mol. The summed E-state index contributed by atoms with van der Waals surface area (Å²) in [6, 6.07) is 10.9. The van der Waals surface area contributed by atoms with E-state index >= 15 is 0 Å². The Labute approximate surface area is 176 Å². The van der Waals surface area contributed by atoms with E-state index in [1.165, 1.54) is 0 Å². The van der Waals surface area contributed by atoms with Gasteiger partial charge in [-0.25, -0.2) is 9.78 Å². The minimum Gasteiger partial charge on any atom is -0.408 e. The monoisotopic (exact) mass is 420 g/mol. The number of anilines is 4. The summed E-state index contributed by atoms with van der Waals surface area (Å²) in [6.45, 7) is 3.86. The molecule has 0 spiro atoms. The molecule has 9 heteroatoms. The highest BCUT2D eigenvalue weighted by molar-refractivity contribution is 6.32. The fraction of sp³-hybridized carbons (Fsp3) is 0.143. The van der Waals surface area contributed by atoms with Gasteiger partial charge in [-0.1, -0.05) is 18.5 Å². The lowest BCUT2D eigenvalue weighted by Crippen LogP contribution is -2.03. The van der Waals surface area contributed by atoms with E-state index in [4.69, 9.17) is 16.0 Å². The fourth-order valence-electron chi connectivity index (χ4n) is 3.02. The minimum absolute atomic E-state index is 0.370. The highest BCUT2D eigenvalue weighted by Crippen LogP contribution is 2.28. The Kier molecular flexibility index (Phi) is 5.12. The molecule has 0 bridgehead atoms. The highest BCUT2D eigenvalue weighted by atomic mass is 35.5. The van der Waals surface area contributed by atoms with E-state index < -0.39 is 5.76 Å². The second kappa shape index (κ2) is 7.89. The number of oxazole rings is 1. The van der Waals surface area contributed by atoms with Crippen LogP contribution >= 0.6 is 11.6 Å². The van der Waals surface area contributed by atoms with Crippen molar-refractivity contribution in [3.05, 3.63) is 68.8 Å². The number of aromatic amines is 1. The van der Waals surface area contributed by atoms with Gasteiger partial charge in [0.25, 0.3) is 0 Å². The van der Waals surface area contributed by atoms with E-state index in [2.05, 4.69) is 31.7 Å². The van der Waals surface area contributed by atoms with Gasteiger partial charge in [-0.05, 0) is 49.2 Å². The number of nitrogens with one attached hydrogen (secondary N) is 3. The lowest BCUT2D eigenvalue weighted by Gasteiger charge is -2.12. The average Bonchev–Trinajstić information content (AvgIpc) is 3.11. The van der Waals surface area contributed by atoms with Gasteiger partial charge in [0.15, 0.2) is 5.58 Å². The Morgan fingerprint density at radius 2 is 2.07 bits per heavy atom. The third-order valence-corrected chi connectivity index (χ3v) is 5.01. The summed E-state index contributed by atoms with van der Waals surface area (Å²) in [5.74, 6) is 0.468. The van der Waals surface area contributed by atoms with Gasteiger partial charge < -0.3 is 15.1 Å². The van der Waals surface area contributed by atoms with Crippen molar-refractivity contribution in [2.75, 3.05) is 10.6 Å². The predicted molar refractivity (Wildman–Crippen MR) is 116 cm³/mol. The summed E-state index contributed by atoms with van der Waals surface area (Å²) >= 11 is 6.24. The molecule has 0 aliphatic carbocycles. The lowest BCUT2D eigenvalue weighted by molar-refractivity contribution is 0.555. The third-order valence-electron chi connectivity index (χ3n) is 4.56. The number of benzene rings is 2. The number of nitriles is 1. The van der Waals surface area contributed by atoms with Crippen molar-refractivity contribution in [2.24, 2.45) is 0 Å². The largest absolute Gasteiger partial charge is 0.417 e. The van der Waals surface area contributed by atoms with Crippen molar-refractivity contribution >= 4 is 45.8 Å². The Hall–Kier alpha value is -3.83. The molecule has 3 N–H and O–H groups in total. The number of halogens is 1. The van der Waals surface area contributed by atoms with Gasteiger partial charge in [-0.2, -0.15) is 10.2 Å². The van der Waals surface area contributed by atoms with Gasteiger partial charge in [0, 0.05) is 23.1 Å². The van der Waals surface area contributed by atoms with Gasteiger partial charge in [0.2, 0.25) is 5.95 Å². The van der Waals surface area contributed by atoms with Gasteiger partial charge in [0.1, 0.15) is 11.9 Å². The Balaban J connectivity index is 1.63. The molecule has 0 amide bonds. The molecule has 0 saturated heterocycles. The summed E-state index contributed by atoms with van der Waals surface area (Å²) in [4.78, 5) is 22.8. The lowest BCUT2D eigenvalue weighted by atomic mass is 10.1. The predicted octanol–water partition coefficient (Wildman–Crippen LogP) is 4.79. The zero-order valence-corrected chi connectivity index (χ0v) is 17.0. The first kappa shape index (κ1) is 19.5. The van der Waals surface area contributed by atoms with Crippen molar-refractivity contribution in [3.63, 3.8) is 0 Å². The topological polar surface area (TPSA) is 120 Å². The summed E-state index contributed by atoms with van der Waals surface area (Å²) in [6.07, 6.45) is 2.39. The normalized spacial score (nSPS) is 10.7. The molecule has 0 radical (unpaired) electrons. The molecule has 8 nitrogen and oxygen atoms in total. The van der Waals surface area contributed by atoms with Crippen LogP contribution in [0.4, 0.5) is 23.1 Å². The molecule has 2 heterocycles. The number of nitrogens with zero attached hydrogens (tertiary/aromatic N) is 3. The zero-order valence-electron chi connectivity index (χ0n) is 16.2. The molecule has 4 rings (SSSR count). The number of fused-ring (bicyclic) bond motifs is 1. The molecular formula is C21H17ClN6O2. The van der Waals surface area contributed by atoms with Crippen LogP contribution < -0.4 is 16.4 Å². The van der Waals surface area contributed by atoms with Crippen LogP contribution in [0, 0.1) is 18.3 Å². The van der Waals surface area contributed by atoms with Crippen molar-refractivity contribution in [1.29, 1.82) is 5.26 Å². The number of H-pyrrole nitrogens is 1. The summed E-state index contributed by atoms with van der Waals surface area (Å²) in [5, 5.41) is 16.1. The molecule has 0 fully saturated rings. The second-order valence-corrected chi connectivity index (χ2v) is 7.04. The summed E-state index contributed by atoms with van der Waals surface area (Å²) < 4.78 is 5.02. The van der Waals surface area contributed by atoms with Crippen LogP contribution in [0.2, 0.25) is 5.02 Å². The maximum atomic E-state index is 11.3. The number of aromatic nitrogens is 3. The molecule has 2 aromatic carbocycles. The maximum absolute atomic E-state index is 11.3. The van der Waals surface area contributed by atoms with Gasteiger partial charge in [0.05, 0.1) is 16.1 Å². The van der Waals surface area contributed by atoms with Gasteiger partial charge in [-0.3, -0.25) is 4.98 Å². The van der Waals surface area contributed by atoms with Crippen LogP contribution in [0.5, 0.6) is 0 Å². The van der Waals surface area contributed by atoms with E-state index in [0.717, 1.165) is 16.8 Å². The number of hydrogen-bond donors (Lipinski definition) is 3. The van der Waals surface area contributed by atoms with Crippen LogP contribution in [-0.2, 0) is 6.42 Å². The van der Waals surface area contributed by atoms with Crippen LogP contribution in [0.25, 0.3) is 11.1 Å². The molecule has 0 unspecified atom stereocenters. The van der Waals surface area contributed by atoms with Crippen LogP contribution in [0.3, 0.4) is 0 Å².